The summed E-state index contributed by atoms with van der Waals surface area (Å²) in [6.07, 6.45) is 1.50. The second-order valence-corrected chi connectivity index (χ2v) is 7.53. The number of anilines is 2. The van der Waals surface area contributed by atoms with Crippen molar-refractivity contribution in [3.05, 3.63) is 82.2 Å². The zero-order valence-electron chi connectivity index (χ0n) is 17.4. The van der Waals surface area contributed by atoms with Gasteiger partial charge >= 0.3 is 0 Å². The number of benzene rings is 2. The van der Waals surface area contributed by atoms with E-state index >= 15 is 0 Å². The number of hydrogen-bond acceptors (Lipinski definition) is 6. The lowest BCUT2D eigenvalue weighted by molar-refractivity contribution is -0.117. The van der Waals surface area contributed by atoms with Gasteiger partial charge in [0.2, 0.25) is 17.6 Å². The monoisotopic (exact) mass is 463 g/mol. The SMILES string of the molecule is CC(=O)Nc1ccc(NC(=O)Cn2cccc(-c3nc(-c4ccc(Cl)cc4)no3)c2=O)cc1. The Balaban J connectivity index is 1.48. The number of nitrogens with one attached hydrogen (secondary N) is 2. The van der Waals surface area contributed by atoms with E-state index in [4.69, 9.17) is 16.1 Å². The number of rotatable bonds is 6. The maximum atomic E-state index is 12.9. The highest BCUT2D eigenvalue weighted by molar-refractivity contribution is 6.30. The van der Waals surface area contributed by atoms with Crippen molar-refractivity contribution in [2.75, 3.05) is 10.6 Å². The third-order valence-electron chi connectivity index (χ3n) is 4.58. The fraction of sp³-hybridized carbons (Fsp3) is 0.0870. The number of carbonyl (C=O) groups is 2. The molecular weight excluding hydrogens is 446 g/mol. The van der Waals surface area contributed by atoms with E-state index < -0.39 is 11.5 Å². The summed E-state index contributed by atoms with van der Waals surface area (Å²) in [5, 5.41) is 9.86. The van der Waals surface area contributed by atoms with E-state index in [0.717, 1.165) is 0 Å². The number of hydrogen-bond donors (Lipinski definition) is 2. The van der Waals surface area contributed by atoms with Crippen LogP contribution in [0, 0.1) is 0 Å². The molecule has 0 fully saturated rings. The summed E-state index contributed by atoms with van der Waals surface area (Å²) < 4.78 is 6.53. The van der Waals surface area contributed by atoms with Gasteiger partial charge in [-0.05, 0) is 60.7 Å². The van der Waals surface area contributed by atoms with Crippen LogP contribution < -0.4 is 16.2 Å². The van der Waals surface area contributed by atoms with Crippen LogP contribution in [0.2, 0.25) is 5.02 Å². The molecule has 0 atom stereocenters. The largest absolute Gasteiger partial charge is 0.333 e. The Morgan fingerprint density at radius 1 is 1.00 bits per heavy atom. The zero-order chi connectivity index (χ0) is 23.4. The molecule has 2 aromatic carbocycles. The first-order valence-electron chi connectivity index (χ1n) is 9.86. The van der Waals surface area contributed by atoms with Crippen LogP contribution in [0.4, 0.5) is 11.4 Å². The Kier molecular flexibility index (Phi) is 6.32. The Bertz CT molecular complexity index is 1360. The fourth-order valence-electron chi connectivity index (χ4n) is 3.07. The van der Waals surface area contributed by atoms with Crippen LogP contribution in [0.15, 0.2) is 76.2 Å². The van der Waals surface area contributed by atoms with Crippen LogP contribution >= 0.6 is 11.6 Å². The Hall–Kier alpha value is -4.24. The molecule has 0 radical (unpaired) electrons. The number of aromatic nitrogens is 3. The van der Waals surface area contributed by atoms with Gasteiger partial charge in [0.25, 0.3) is 11.4 Å². The smallest absolute Gasteiger partial charge is 0.263 e. The number of carbonyl (C=O) groups excluding carboxylic acids is 2. The Morgan fingerprint density at radius 3 is 2.33 bits per heavy atom. The average Bonchev–Trinajstić information content (AvgIpc) is 3.27. The van der Waals surface area contributed by atoms with E-state index in [-0.39, 0.29) is 23.9 Å². The Labute approximate surface area is 193 Å². The highest BCUT2D eigenvalue weighted by Crippen LogP contribution is 2.22. The molecule has 33 heavy (non-hydrogen) atoms. The van der Waals surface area contributed by atoms with Crippen molar-refractivity contribution in [1.29, 1.82) is 0 Å². The van der Waals surface area contributed by atoms with Crippen molar-refractivity contribution in [2.45, 2.75) is 13.5 Å². The van der Waals surface area contributed by atoms with Gasteiger partial charge in [-0.3, -0.25) is 14.4 Å². The summed E-state index contributed by atoms with van der Waals surface area (Å²) in [4.78, 5) is 40.7. The molecule has 0 spiro atoms. The maximum absolute atomic E-state index is 12.9. The molecule has 0 aliphatic rings. The van der Waals surface area contributed by atoms with Gasteiger partial charge in [0, 0.05) is 35.1 Å². The van der Waals surface area contributed by atoms with Crippen molar-refractivity contribution in [1.82, 2.24) is 14.7 Å². The third-order valence-corrected chi connectivity index (χ3v) is 4.83. The molecule has 4 aromatic rings. The highest BCUT2D eigenvalue weighted by atomic mass is 35.5. The van der Waals surface area contributed by atoms with Crippen LogP contribution in [-0.2, 0) is 16.1 Å². The predicted molar refractivity (Wildman–Crippen MR) is 124 cm³/mol. The van der Waals surface area contributed by atoms with Gasteiger partial charge < -0.3 is 19.7 Å². The van der Waals surface area contributed by atoms with Crippen LogP contribution in [0.3, 0.4) is 0 Å². The molecule has 0 aliphatic heterocycles. The first kappa shape index (κ1) is 22.0. The summed E-state index contributed by atoms with van der Waals surface area (Å²) in [6.45, 7) is 1.20. The minimum Gasteiger partial charge on any atom is -0.333 e. The minimum absolute atomic E-state index is 0.0493. The summed E-state index contributed by atoms with van der Waals surface area (Å²) >= 11 is 5.90. The van der Waals surface area contributed by atoms with Gasteiger partial charge in [-0.2, -0.15) is 4.98 Å². The maximum Gasteiger partial charge on any atom is 0.263 e. The van der Waals surface area contributed by atoms with E-state index in [0.29, 0.717) is 27.8 Å². The fourth-order valence-corrected chi connectivity index (χ4v) is 3.19. The quantitative estimate of drug-likeness (QED) is 0.448. The average molecular weight is 464 g/mol. The van der Waals surface area contributed by atoms with Crippen LogP contribution in [0.1, 0.15) is 6.92 Å². The third kappa shape index (κ3) is 5.34. The van der Waals surface area contributed by atoms with Gasteiger partial charge in [0.05, 0.1) is 0 Å². The lowest BCUT2D eigenvalue weighted by Crippen LogP contribution is -2.28. The second-order valence-electron chi connectivity index (χ2n) is 7.09. The van der Waals surface area contributed by atoms with Gasteiger partial charge in [-0.15, -0.1) is 0 Å². The number of nitrogens with zero attached hydrogens (tertiary/aromatic N) is 3. The standard InChI is InChI=1S/C23H18ClN5O4/c1-14(30)25-17-8-10-18(11-9-17)26-20(31)13-29-12-2-3-19(23(29)32)22-27-21(28-33-22)15-4-6-16(24)7-5-15/h2-12H,13H2,1H3,(H,25,30)(H,26,31). The lowest BCUT2D eigenvalue weighted by atomic mass is 10.2. The highest BCUT2D eigenvalue weighted by Gasteiger charge is 2.16. The molecule has 166 valence electrons. The van der Waals surface area contributed by atoms with Crippen molar-refractivity contribution in [3.8, 4) is 22.8 Å². The first-order chi connectivity index (χ1) is 15.9. The molecule has 4 rings (SSSR count). The molecule has 0 bridgehead atoms. The van der Waals surface area contributed by atoms with E-state index in [2.05, 4.69) is 20.8 Å². The number of pyridine rings is 1. The van der Waals surface area contributed by atoms with Crippen molar-refractivity contribution >= 4 is 34.8 Å². The molecule has 2 N–H and O–H groups in total. The van der Waals surface area contributed by atoms with Gasteiger partial charge in [0.1, 0.15) is 12.1 Å². The molecule has 0 unspecified atom stereocenters. The predicted octanol–water partition coefficient (Wildman–Crippen LogP) is 3.82. The number of amides is 2. The van der Waals surface area contributed by atoms with Crippen LogP contribution in [-0.4, -0.2) is 26.5 Å². The second kappa shape index (κ2) is 9.49. The molecule has 2 amide bonds. The summed E-state index contributed by atoms with van der Waals surface area (Å²) in [5.41, 5.74) is 1.57. The molecule has 0 saturated carbocycles. The zero-order valence-corrected chi connectivity index (χ0v) is 18.2. The topological polar surface area (TPSA) is 119 Å². The normalized spacial score (nSPS) is 10.6. The van der Waals surface area contributed by atoms with E-state index in [9.17, 15) is 14.4 Å². The molecule has 9 nitrogen and oxygen atoms in total. The van der Waals surface area contributed by atoms with Gasteiger partial charge in [-0.1, -0.05) is 16.8 Å². The van der Waals surface area contributed by atoms with Gasteiger partial charge in [0.15, 0.2) is 0 Å². The van der Waals surface area contributed by atoms with E-state index in [1.54, 1.807) is 60.7 Å². The molecule has 0 aliphatic carbocycles. The minimum atomic E-state index is -0.444. The lowest BCUT2D eigenvalue weighted by Gasteiger charge is -2.09. The van der Waals surface area contributed by atoms with Crippen LogP contribution in [0.5, 0.6) is 0 Å². The molecular formula is C23H18ClN5O4. The molecule has 2 heterocycles. The van der Waals surface area contributed by atoms with E-state index in [1.807, 2.05) is 0 Å². The molecule has 2 aromatic heterocycles. The van der Waals surface area contributed by atoms with E-state index in [1.165, 1.54) is 17.7 Å². The van der Waals surface area contributed by atoms with Crippen molar-refractivity contribution in [2.24, 2.45) is 0 Å². The van der Waals surface area contributed by atoms with Crippen molar-refractivity contribution in [3.63, 3.8) is 0 Å². The summed E-state index contributed by atoms with van der Waals surface area (Å²) in [5.74, 6) is -0.216. The Morgan fingerprint density at radius 2 is 1.67 bits per heavy atom. The number of halogens is 1. The van der Waals surface area contributed by atoms with Crippen LogP contribution in [0.25, 0.3) is 22.8 Å². The molecule has 0 saturated heterocycles. The van der Waals surface area contributed by atoms with Gasteiger partial charge in [-0.25, -0.2) is 0 Å². The first-order valence-corrected chi connectivity index (χ1v) is 10.2. The summed E-state index contributed by atoms with van der Waals surface area (Å²) in [6, 6.07) is 16.7. The summed E-state index contributed by atoms with van der Waals surface area (Å²) in [7, 11) is 0. The van der Waals surface area contributed by atoms with Crippen molar-refractivity contribution < 1.29 is 14.1 Å². The molecule has 10 heteroatoms.